The summed E-state index contributed by atoms with van der Waals surface area (Å²) >= 11 is 0. The Balaban J connectivity index is 1.84. The number of ether oxygens (including phenoxy) is 2. The van der Waals surface area contributed by atoms with Crippen LogP contribution in [0.15, 0.2) is 18.5 Å². The molecule has 0 aliphatic carbocycles. The lowest BCUT2D eigenvalue weighted by atomic mass is 10.1. The molecule has 0 saturated heterocycles. The first-order valence-corrected chi connectivity index (χ1v) is 7.00. The number of fused-ring (bicyclic) bond motifs is 1. The van der Waals surface area contributed by atoms with E-state index < -0.39 is 5.97 Å². The van der Waals surface area contributed by atoms with Crippen molar-refractivity contribution >= 4 is 11.8 Å². The van der Waals surface area contributed by atoms with Gasteiger partial charge in [-0.15, -0.1) is 0 Å². The van der Waals surface area contributed by atoms with Crippen LogP contribution in [0.3, 0.4) is 0 Å². The van der Waals surface area contributed by atoms with Gasteiger partial charge in [0.15, 0.2) is 0 Å². The van der Waals surface area contributed by atoms with Crippen LogP contribution < -0.4 is 10.1 Å². The number of nitrogens with one attached hydrogen (secondary N) is 1. The number of carbonyl (C=O) groups excluding carboxylic acids is 1. The lowest BCUT2D eigenvalue weighted by molar-refractivity contribution is 0.0596. The smallest absolute Gasteiger partial charge is 0.343 e. The SMILES string of the molecule is COC(=O)c1ccc(NC2CCCn3ncnc32)nc1OC. The van der Waals surface area contributed by atoms with Crippen LogP contribution in [0.5, 0.6) is 5.88 Å². The lowest BCUT2D eigenvalue weighted by Crippen LogP contribution is -2.23. The molecule has 0 saturated carbocycles. The van der Waals surface area contributed by atoms with E-state index in [1.165, 1.54) is 14.2 Å². The Morgan fingerprint density at radius 2 is 2.27 bits per heavy atom. The van der Waals surface area contributed by atoms with Crippen molar-refractivity contribution in [1.82, 2.24) is 19.7 Å². The first kappa shape index (κ1) is 14.3. The van der Waals surface area contributed by atoms with Crippen molar-refractivity contribution in [3.8, 4) is 5.88 Å². The highest BCUT2D eigenvalue weighted by Crippen LogP contribution is 2.27. The Bertz CT molecular complexity index is 685. The number of aryl methyl sites for hydroxylation is 1. The summed E-state index contributed by atoms with van der Waals surface area (Å²) in [5.74, 6) is 1.26. The van der Waals surface area contributed by atoms with Gasteiger partial charge >= 0.3 is 5.97 Å². The van der Waals surface area contributed by atoms with E-state index in [1.807, 2.05) is 4.68 Å². The van der Waals surface area contributed by atoms with Gasteiger partial charge in [0, 0.05) is 6.54 Å². The predicted molar refractivity (Wildman–Crippen MR) is 77.7 cm³/mol. The van der Waals surface area contributed by atoms with Crippen molar-refractivity contribution in [2.24, 2.45) is 0 Å². The van der Waals surface area contributed by atoms with Gasteiger partial charge in [-0.25, -0.2) is 14.5 Å². The quantitative estimate of drug-likeness (QED) is 0.854. The van der Waals surface area contributed by atoms with Crippen molar-refractivity contribution in [3.05, 3.63) is 29.8 Å². The minimum Gasteiger partial charge on any atom is -0.480 e. The Morgan fingerprint density at radius 3 is 3.05 bits per heavy atom. The van der Waals surface area contributed by atoms with Gasteiger partial charge < -0.3 is 14.8 Å². The predicted octanol–water partition coefficient (Wildman–Crippen LogP) is 1.42. The molecule has 0 spiro atoms. The van der Waals surface area contributed by atoms with Crippen molar-refractivity contribution < 1.29 is 14.3 Å². The van der Waals surface area contributed by atoms with Crippen LogP contribution in [-0.2, 0) is 11.3 Å². The molecule has 0 fully saturated rings. The molecule has 116 valence electrons. The standard InChI is InChI=1S/C14H17N5O3/c1-21-13-9(14(20)22-2)5-6-11(18-13)17-10-4-3-7-19-12(10)15-8-16-19/h5-6,8,10H,3-4,7H2,1-2H3,(H,17,18). The third-order valence-corrected chi connectivity index (χ3v) is 3.60. The largest absolute Gasteiger partial charge is 0.480 e. The molecule has 0 aromatic carbocycles. The first-order valence-electron chi connectivity index (χ1n) is 7.00. The summed E-state index contributed by atoms with van der Waals surface area (Å²) in [7, 11) is 2.79. The molecule has 2 aromatic heterocycles. The highest BCUT2D eigenvalue weighted by molar-refractivity contribution is 5.92. The molecule has 2 aromatic rings. The fraction of sp³-hybridized carbons (Fsp3) is 0.429. The van der Waals surface area contributed by atoms with Gasteiger partial charge in [0.1, 0.15) is 23.5 Å². The number of nitrogens with zero attached hydrogens (tertiary/aromatic N) is 4. The second-order valence-corrected chi connectivity index (χ2v) is 4.93. The molecule has 0 radical (unpaired) electrons. The molecule has 22 heavy (non-hydrogen) atoms. The minimum absolute atomic E-state index is 0.0393. The molecule has 0 bridgehead atoms. The van der Waals surface area contributed by atoms with Crippen LogP contribution in [0.2, 0.25) is 0 Å². The fourth-order valence-corrected chi connectivity index (χ4v) is 2.55. The van der Waals surface area contributed by atoms with Crippen LogP contribution in [0.1, 0.15) is 35.1 Å². The van der Waals surface area contributed by atoms with Gasteiger partial charge in [0.2, 0.25) is 5.88 Å². The average molecular weight is 303 g/mol. The molecule has 8 nitrogen and oxygen atoms in total. The maximum absolute atomic E-state index is 11.6. The molecule has 1 N–H and O–H groups in total. The fourth-order valence-electron chi connectivity index (χ4n) is 2.55. The topological polar surface area (TPSA) is 91.2 Å². The maximum atomic E-state index is 11.6. The molecule has 1 unspecified atom stereocenters. The van der Waals surface area contributed by atoms with Gasteiger partial charge in [-0.3, -0.25) is 0 Å². The number of anilines is 1. The Morgan fingerprint density at radius 1 is 1.41 bits per heavy atom. The summed E-state index contributed by atoms with van der Waals surface area (Å²) in [4.78, 5) is 20.3. The normalized spacial score (nSPS) is 16.7. The number of carbonyl (C=O) groups is 1. The third-order valence-electron chi connectivity index (χ3n) is 3.60. The van der Waals surface area contributed by atoms with Crippen molar-refractivity contribution in [3.63, 3.8) is 0 Å². The minimum atomic E-state index is -0.478. The van der Waals surface area contributed by atoms with Crippen LogP contribution >= 0.6 is 0 Å². The number of rotatable bonds is 4. The second-order valence-electron chi connectivity index (χ2n) is 4.93. The molecule has 8 heteroatoms. The number of aromatic nitrogens is 4. The average Bonchev–Trinajstić information content (AvgIpc) is 3.03. The maximum Gasteiger partial charge on any atom is 0.343 e. The van der Waals surface area contributed by atoms with Crippen molar-refractivity contribution in [1.29, 1.82) is 0 Å². The zero-order chi connectivity index (χ0) is 15.5. The van der Waals surface area contributed by atoms with E-state index in [-0.39, 0.29) is 11.9 Å². The molecule has 0 amide bonds. The third kappa shape index (κ3) is 2.59. The summed E-state index contributed by atoms with van der Waals surface area (Å²) < 4.78 is 11.8. The Hall–Kier alpha value is -2.64. The van der Waals surface area contributed by atoms with E-state index in [0.29, 0.717) is 11.4 Å². The van der Waals surface area contributed by atoms with Crippen molar-refractivity contribution in [2.75, 3.05) is 19.5 Å². The summed E-state index contributed by atoms with van der Waals surface area (Å²) in [6.45, 7) is 0.880. The molecule has 3 rings (SSSR count). The first-order chi connectivity index (χ1) is 10.7. The van der Waals surface area contributed by atoms with Gasteiger partial charge in [0.05, 0.1) is 20.3 Å². The summed E-state index contributed by atoms with van der Waals surface area (Å²) in [6.07, 6.45) is 3.52. The second kappa shape index (κ2) is 6.00. The van der Waals surface area contributed by atoms with E-state index in [9.17, 15) is 4.79 Å². The van der Waals surface area contributed by atoms with Crippen molar-refractivity contribution in [2.45, 2.75) is 25.4 Å². The van der Waals surface area contributed by atoms with Crippen LogP contribution in [-0.4, -0.2) is 39.9 Å². The highest BCUT2D eigenvalue weighted by Gasteiger charge is 2.23. The molecule has 1 aliphatic rings. The summed E-state index contributed by atoms with van der Waals surface area (Å²) in [5, 5.41) is 7.51. The molecular formula is C14H17N5O3. The van der Waals surface area contributed by atoms with Crippen LogP contribution in [0, 0.1) is 0 Å². The highest BCUT2D eigenvalue weighted by atomic mass is 16.5. The number of esters is 1. The Labute approximate surface area is 127 Å². The van der Waals surface area contributed by atoms with E-state index in [4.69, 9.17) is 9.47 Å². The summed E-state index contributed by atoms with van der Waals surface area (Å²) in [5.41, 5.74) is 0.294. The van der Waals surface area contributed by atoms with Gasteiger partial charge in [-0.1, -0.05) is 0 Å². The molecule has 1 atom stereocenters. The molecule has 3 heterocycles. The van der Waals surface area contributed by atoms with E-state index in [1.54, 1.807) is 18.5 Å². The lowest BCUT2D eigenvalue weighted by Gasteiger charge is -2.23. The van der Waals surface area contributed by atoms with Gasteiger partial charge in [-0.05, 0) is 25.0 Å². The zero-order valence-electron chi connectivity index (χ0n) is 12.4. The number of methoxy groups -OCH3 is 2. The number of hydrogen-bond donors (Lipinski definition) is 1. The number of hydrogen-bond acceptors (Lipinski definition) is 7. The van der Waals surface area contributed by atoms with E-state index in [2.05, 4.69) is 20.4 Å². The van der Waals surface area contributed by atoms with E-state index in [0.717, 1.165) is 25.2 Å². The van der Waals surface area contributed by atoms with Gasteiger partial charge in [-0.2, -0.15) is 10.1 Å². The van der Waals surface area contributed by atoms with Gasteiger partial charge in [0.25, 0.3) is 0 Å². The van der Waals surface area contributed by atoms with Crippen LogP contribution in [0.25, 0.3) is 0 Å². The van der Waals surface area contributed by atoms with E-state index >= 15 is 0 Å². The monoisotopic (exact) mass is 303 g/mol. The zero-order valence-corrected chi connectivity index (χ0v) is 12.4. The van der Waals surface area contributed by atoms with Crippen LogP contribution in [0.4, 0.5) is 5.82 Å². The summed E-state index contributed by atoms with van der Waals surface area (Å²) in [6, 6.07) is 3.40. The molecular weight excluding hydrogens is 286 g/mol. The number of pyridine rings is 1. The molecule has 1 aliphatic heterocycles. The Kier molecular flexibility index (Phi) is 3.90.